The van der Waals surface area contributed by atoms with Crippen LogP contribution in [0.4, 0.5) is 0 Å². The lowest BCUT2D eigenvalue weighted by Gasteiger charge is -2.12. The van der Waals surface area contributed by atoms with Crippen molar-refractivity contribution in [3.8, 4) is 5.75 Å². The van der Waals surface area contributed by atoms with Gasteiger partial charge in [0.2, 0.25) is 0 Å². The molecule has 3 heterocycles. The summed E-state index contributed by atoms with van der Waals surface area (Å²) in [5.74, 6) is -0.876. The number of rotatable bonds is 5. The van der Waals surface area contributed by atoms with E-state index in [9.17, 15) is 9.90 Å². The number of aromatic amines is 1. The van der Waals surface area contributed by atoms with Crippen molar-refractivity contribution in [3.05, 3.63) is 54.1 Å². The van der Waals surface area contributed by atoms with Gasteiger partial charge in [0.05, 0.1) is 18.4 Å². The molecule has 22 heavy (non-hydrogen) atoms. The molecular weight excluding hydrogens is 282 g/mol. The summed E-state index contributed by atoms with van der Waals surface area (Å²) in [5.41, 5.74) is 2.22. The van der Waals surface area contributed by atoms with E-state index in [0.717, 1.165) is 10.9 Å². The van der Waals surface area contributed by atoms with Crippen LogP contribution in [0, 0.1) is 0 Å². The number of H-pyrrole nitrogens is 1. The lowest BCUT2D eigenvalue weighted by molar-refractivity contribution is -0.138. The van der Waals surface area contributed by atoms with Crippen molar-refractivity contribution in [1.29, 1.82) is 0 Å². The van der Waals surface area contributed by atoms with E-state index in [4.69, 9.17) is 4.74 Å². The van der Waals surface area contributed by atoms with Crippen LogP contribution in [-0.2, 0) is 11.2 Å². The van der Waals surface area contributed by atoms with Gasteiger partial charge in [0.1, 0.15) is 11.4 Å². The number of fused-ring (bicyclic) bond motifs is 1. The lowest BCUT2D eigenvalue weighted by atomic mass is 9.93. The second-order valence-corrected chi connectivity index (χ2v) is 4.93. The van der Waals surface area contributed by atoms with Gasteiger partial charge < -0.3 is 14.8 Å². The fourth-order valence-corrected chi connectivity index (χ4v) is 2.57. The SMILES string of the molecule is COc1ccnc2[nH]cc(CC(C(=O)O)c3cccnc3)c12. The quantitative estimate of drug-likeness (QED) is 0.755. The summed E-state index contributed by atoms with van der Waals surface area (Å²) < 4.78 is 5.35. The van der Waals surface area contributed by atoms with E-state index < -0.39 is 11.9 Å². The minimum atomic E-state index is -0.884. The topological polar surface area (TPSA) is 88.1 Å². The zero-order chi connectivity index (χ0) is 15.5. The second kappa shape index (κ2) is 5.85. The third kappa shape index (κ3) is 2.50. The van der Waals surface area contributed by atoms with E-state index in [1.54, 1.807) is 50.1 Å². The summed E-state index contributed by atoms with van der Waals surface area (Å²) in [6.45, 7) is 0. The molecule has 2 N–H and O–H groups in total. The van der Waals surface area contributed by atoms with Crippen molar-refractivity contribution in [2.24, 2.45) is 0 Å². The van der Waals surface area contributed by atoms with Crippen LogP contribution in [0.15, 0.2) is 43.0 Å². The molecule has 0 saturated carbocycles. The molecule has 0 radical (unpaired) electrons. The number of carboxylic acid groups (broad SMARTS) is 1. The number of carbonyl (C=O) groups is 1. The predicted octanol–water partition coefficient (Wildman–Crippen LogP) is 2.38. The summed E-state index contributed by atoms with van der Waals surface area (Å²) in [7, 11) is 1.58. The highest BCUT2D eigenvalue weighted by Gasteiger charge is 2.23. The highest BCUT2D eigenvalue weighted by atomic mass is 16.5. The Morgan fingerprint density at radius 1 is 1.41 bits per heavy atom. The average Bonchev–Trinajstić information content (AvgIpc) is 2.96. The highest BCUT2D eigenvalue weighted by molar-refractivity contribution is 5.87. The first-order valence-corrected chi connectivity index (χ1v) is 6.82. The van der Waals surface area contributed by atoms with Crippen LogP contribution in [0.25, 0.3) is 11.0 Å². The Balaban J connectivity index is 2.02. The lowest BCUT2D eigenvalue weighted by Crippen LogP contribution is -2.14. The van der Waals surface area contributed by atoms with E-state index in [-0.39, 0.29) is 0 Å². The van der Waals surface area contributed by atoms with Gasteiger partial charge in [0, 0.05) is 24.8 Å². The molecule has 0 aliphatic rings. The van der Waals surface area contributed by atoms with Crippen molar-refractivity contribution in [3.63, 3.8) is 0 Å². The van der Waals surface area contributed by atoms with Crippen LogP contribution >= 0.6 is 0 Å². The minimum Gasteiger partial charge on any atom is -0.496 e. The van der Waals surface area contributed by atoms with Gasteiger partial charge >= 0.3 is 5.97 Å². The van der Waals surface area contributed by atoms with Gasteiger partial charge in [0.15, 0.2) is 0 Å². The number of nitrogens with one attached hydrogen (secondary N) is 1. The van der Waals surface area contributed by atoms with E-state index >= 15 is 0 Å². The first-order valence-electron chi connectivity index (χ1n) is 6.82. The molecule has 112 valence electrons. The van der Waals surface area contributed by atoms with Crippen molar-refractivity contribution in [2.45, 2.75) is 12.3 Å². The second-order valence-electron chi connectivity index (χ2n) is 4.93. The maximum atomic E-state index is 11.6. The van der Waals surface area contributed by atoms with Crippen molar-refractivity contribution >= 4 is 17.0 Å². The number of aromatic nitrogens is 3. The molecule has 1 unspecified atom stereocenters. The van der Waals surface area contributed by atoms with E-state index in [0.29, 0.717) is 23.4 Å². The zero-order valence-corrected chi connectivity index (χ0v) is 12.0. The molecule has 3 aromatic rings. The normalized spacial score (nSPS) is 12.2. The van der Waals surface area contributed by atoms with Crippen molar-refractivity contribution < 1.29 is 14.6 Å². The molecule has 0 spiro atoms. The Morgan fingerprint density at radius 3 is 2.95 bits per heavy atom. The number of pyridine rings is 2. The summed E-state index contributed by atoms with van der Waals surface area (Å²) in [6, 6.07) is 5.28. The summed E-state index contributed by atoms with van der Waals surface area (Å²) in [5, 5.41) is 10.4. The molecule has 0 saturated heterocycles. The number of aliphatic carboxylic acids is 1. The largest absolute Gasteiger partial charge is 0.496 e. The van der Waals surface area contributed by atoms with Gasteiger partial charge in [-0.3, -0.25) is 9.78 Å². The molecule has 0 aliphatic carbocycles. The van der Waals surface area contributed by atoms with Crippen LogP contribution in [0.3, 0.4) is 0 Å². The maximum absolute atomic E-state index is 11.6. The highest BCUT2D eigenvalue weighted by Crippen LogP contribution is 2.31. The van der Waals surface area contributed by atoms with E-state index in [1.807, 2.05) is 0 Å². The molecule has 1 atom stereocenters. The number of ether oxygens (including phenoxy) is 1. The van der Waals surface area contributed by atoms with Crippen LogP contribution in [0.1, 0.15) is 17.0 Å². The first-order chi connectivity index (χ1) is 10.7. The molecule has 3 rings (SSSR count). The van der Waals surface area contributed by atoms with Gasteiger partial charge in [0.25, 0.3) is 0 Å². The molecule has 0 bridgehead atoms. The van der Waals surface area contributed by atoms with Crippen LogP contribution in [0.5, 0.6) is 5.75 Å². The zero-order valence-electron chi connectivity index (χ0n) is 12.0. The van der Waals surface area contributed by atoms with Gasteiger partial charge in [-0.05, 0) is 29.7 Å². The fourth-order valence-electron chi connectivity index (χ4n) is 2.57. The molecule has 3 aromatic heterocycles. The monoisotopic (exact) mass is 297 g/mol. The summed E-state index contributed by atoms with van der Waals surface area (Å²) >= 11 is 0. The third-order valence-corrected chi connectivity index (χ3v) is 3.65. The van der Waals surface area contributed by atoms with Crippen LogP contribution in [-0.4, -0.2) is 33.1 Å². The van der Waals surface area contributed by atoms with Crippen LogP contribution in [0.2, 0.25) is 0 Å². The Labute approximate surface area is 126 Å². The predicted molar refractivity (Wildman–Crippen MR) is 81.0 cm³/mol. The molecule has 0 aliphatic heterocycles. The minimum absolute atomic E-state index is 0.336. The Bertz CT molecular complexity index is 799. The van der Waals surface area contributed by atoms with Crippen LogP contribution < -0.4 is 4.74 Å². The number of hydrogen-bond acceptors (Lipinski definition) is 4. The van der Waals surface area contributed by atoms with E-state index in [1.165, 1.54) is 0 Å². The molecule has 0 fully saturated rings. The van der Waals surface area contributed by atoms with Crippen molar-refractivity contribution in [1.82, 2.24) is 15.0 Å². The van der Waals surface area contributed by atoms with Gasteiger partial charge in [-0.15, -0.1) is 0 Å². The standard InChI is InChI=1S/C16H15N3O3/c1-22-13-4-6-18-15-14(13)11(9-19-15)7-12(16(20)21)10-3-2-5-17-8-10/h2-6,8-9,12H,7H2,1H3,(H,18,19)(H,20,21). The fraction of sp³-hybridized carbons (Fsp3) is 0.188. The van der Waals surface area contributed by atoms with Crippen molar-refractivity contribution in [2.75, 3.05) is 7.11 Å². The molecule has 0 aromatic carbocycles. The molecule has 6 heteroatoms. The number of carboxylic acids is 1. The maximum Gasteiger partial charge on any atom is 0.311 e. The smallest absolute Gasteiger partial charge is 0.311 e. The van der Waals surface area contributed by atoms with Gasteiger partial charge in [-0.2, -0.15) is 0 Å². The average molecular weight is 297 g/mol. The number of hydrogen-bond donors (Lipinski definition) is 2. The Morgan fingerprint density at radius 2 is 2.27 bits per heavy atom. The first kappa shape index (κ1) is 14.1. The van der Waals surface area contributed by atoms with E-state index in [2.05, 4.69) is 15.0 Å². The van der Waals surface area contributed by atoms with Gasteiger partial charge in [-0.25, -0.2) is 4.98 Å². The molecular formula is C16H15N3O3. The molecule has 6 nitrogen and oxygen atoms in total. The third-order valence-electron chi connectivity index (χ3n) is 3.65. The summed E-state index contributed by atoms with van der Waals surface area (Å²) in [6.07, 6.45) is 6.98. The Hall–Kier alpha value is -2.89. The number of nitrogens with zero attached hydrogens (tertiary/aromatic N) is 2. The molecule has 0 amide bonds. The van der Waals surface area contributed by atoms with Gasteiger partial charge in [-0.1, -0.05) is 6.07 Å². The Kier molecular flexibility index (Phi) is 3.74. The number of methoxy groups -OCH3 is 1. The summed E-state index contributed by atoms with van der Waals surface area (Å²) in [4.78, 5) is 22.9.